The van der Waals surface area contributed by atoms with Crippen LogP contribution in [0.1, 0.15) is 35.0 Å². The van der Waals surface area contributed by atoms with Crippen LogP contribution in [0, 0.1) is 11.7 Å². The number of benzene rings is 1. The van der Waals surface area contributed by atoms with Gasteiger partial charge in [0.2, 0.25) is 0 Å². The minimum absolute atomic E-state index is 0.0655. The molecule has 0 radical (unpaired) electrons. The van der Waals surface area contributed by atoms with Crippen molar-refractivity contribution in [2.24, 2.45) is 5.92 Å². The Morgan fingerprint density at radius 1 is 1.31 bits per heavy atom. The van der Waals surface area contributed by atoms with E-state index in [0.29, 0.717) is 22.4 Å². The highest BCUT2D eigenvalue weighted by atomic mass is 32.1. The molecule has 1 aliphatic heterocycles. The van der Waals surface area contributed by atoms with E-state index in [2.05, 4.69) is 0 Å². The Kier molecular flexibility index (Phi) is 5.88. The van der Waals surface area contributed by atoms with Crippen LogP contribution in [0.3, 0.4) is 0 Å². The SMILES string of the molecule is CCOC(=O)c1sc2cccc(F)c2c1C[NH+]1CCC(C(=O)OC)CC1. The fraction of sp³-hybridized carbons (Fsp3) is 0.474. The standard InChI is InChI=1S/C19H22FNO4S/c1-3-25-19(23)17-13(16-14(20)5-4-6-15(16)26-17)11-21-9-7-12(8-10-21)18(22)24-2/h4-6,12H,3,7-11H2,1-2H3/p+1. The lowest BCUT2D eigenvalue weighted by molar-refractivity contribution is -0.919. The predicted molar refractivity (Wildman–Crippen MR) is 96.9 cm³/mol. The van der Waals surface area contributed by atoms with E-state index in [1.54, 1.807) is 13.0 Å². The van der Waals surface area contributed by atoms with Gasteiger partial charge < -0.3 is 14.4 Å². The van der Waals surface area contributed by atoms with Gasteiger partial charge in [-0.05, 0) is 19.1 Å². The Hall–Kier alpha value is -1.99. The Labute approximate surface area is 155 Å². The monoisotopic (exact) mass is 380 g/mol. The summed E-state index contributed by atoms with van der Waals surface area (Å²) in [7, 11) is 1.41. The van der Waals surface area contributed by atoms with E-state index in [9.17, 15) is 14.0 Å². The molecule has 1 aromatic heterocycles. The van der Waals surface area contributed by atoms with Crippen LogP contribution in [-0.2, 0) is 20.8 Å². The molecule has 0 unspecified atom stereocenters. The molecule has 1 aromatic carbocycles. The molecule has 0 bridgehead atoms. The highest BCUT2D eigenvalue weighted by Crippen LogP contribution is 2.33. The summed E-state index contributed by atoms with van der Waals surface area (Å²) in [6.45, 7) is 4.16. The molecule has 0 spiro atoms. The second-order valence-corrected chi connectivity index (χ2v) is 7.52. The summed E-state index contributed by atoms with van der Waals surface area (Å²) < 4.78 is 25.2. The molecule has 1 N–H and O–H groups in total. The van der Waals surface area contributed by atoms with Crippen LogP contribution in [0.5, 0.6) is 0 Å². The van der Waals surface area contributed by atoms with Crippen molar-refractivity contribution in [2.75, 3.05) is 26.8 Å². The fourth-order valence-corrected chi connectivity index (χ4v) is 4.68. The number of fused-ring (bicyclic) bond motifs is 1. The lowest BCUT2D eigenvalue weighted by Gasteiger charge is -2.28. The zero-order valence-electron chi connectivity index (χ0n) is 15.0. The van der Waals surface area contributed by atoms with E-state index < -0.39 is 5.97 Å². The summed E-state index contributed by atoms with van der Waals surface area (Å²) in [5.74, 6) is -0.937. The quantitative estimate of drug-likeness (QED) is 0.808. The fourth-order valence-electron chi connectivity index (χ4n) is 3.55. The number of hydrogen-bond donors (Lipinski definition) is 1. The topological polar surface area (TPSA) is 57.0 Å². The first-order valence-electron chi connectivity index (χ1n) is 8.83. The predicted octanol–water partition coefficient (Wildman–Crippen LogP) is 2.19. The smallest absolute Gasteiger partial charge is 0.348 e. The number of piperidine rings is 1. The number of carbonyl (C=O) groups is 2. The maximum atomic E-state index is 14.5. The Balaban J connectivity index is 1.86. The number of carbonyl (C=O) groups excluding carboxylic acids is 2. The summed E-state index contributed by atoms with van der Waals surface area (Å²) in [6, 6.07) is 4.90. The zero-order chi connectivity index (χ0) is 18.7. The van der Waals surface area contributed by atoms with Gasteiger partial charge in [0, 0.05) is 28.5 Å². The number of nitrogens with one attached hydrogen (secondary N) is 1. The number of likely N-dealkylation sites (tertiary alicyclic amines) is 1. The molecule has 0 aliphatic carbocycles. The summed E-state index contributed by atoms with van der Waals surface area (Å²) >= 11 is 1.28. The van der Waals surface area contributed by atoms with Gasteiger partial charge in [0.1, 0.15) is 17.2 Å². The number of hydrogen-bond acceptors (Lipinski definition) is 5. The number of halogens is 1. The molecule has 0 atom stereocenters. The van der Waals surface area contributed by atoms with Gasteiger partial charge in [-0.25, -0.2) is 9.18 Å². The normalized spacial score (nSPS) is 20.1. The molecule has 1 aliphatic rings. The highest BCUT2D eigenvalue weighted by molar-refractivity contribution is 7.21. The summed E-state index contributed by atoms with van der Waals surface area (Å²) in [6.07, 6.45) is 1.47. The molecule has 7 heteroatoms. The number of rotatable bonds is 5. The third-order valence-corrected chi connectivity index (χ3v) is 6.06. The van der Waals surface area contributed by atoms with E-state index >= 15 is 0 Å². The van der Waals surface area contributed by atoms with Crippen molar-refractivity contribution in [3.05, 3.63) is 34.5 Å². The molecule has 3 rings (SSSR count). The van der Waals surface area contributed by atoms with Crippen LogP contribution in [0.15, 0.2) is 18.2 Å². The van der Waals surface area contributed by atoms with Crippen molar-refractivity contribution >= 4 is 33.4 Å². The first kappa shape index (κ1) is 18.8. The molecule has 0 saturated carbocycles. The Morgan fingerprint density at radius 2 is 2.04 bits per heavy atom. The lowest BCUT2D eigenvalue weighted by atomic mass is 9.96. The van der Waals surface area contributed by atoms with Crippen molar-refractivity contribution < 1.29 is 28.4 Å². The van der Waals surface area contributed by atoms with Crippen molar-refractivity contribution in [1.29, 1.82) is 0 Å². The zero-order valence-corrected chi connectivity index (χ0v) is 15.8. The second kappa shape index (κ2) is 8.14. The van der Waals surface area contributed by atoms with Crippen LogP contribution in [0.4, 0.5) is 4.39 Å². The molecular formula is C19H23FNO4S+. The molecule has 26 heavy (non-hydrogen) atoms. The van der Waals surface area contributed by atoms with Crippen LogP contribution in [-0.4, -0.2) is 38.7 Å². The van der Waals surface area contributed by atoms with E-state index in [0.717, 1.165) is 30.6 Å². The highest BCUT2D eigenvalue weighted by Gasteiger charge is 2.30. The largest absolute Gasteiger partial charge is 0.469 e. The molecule has 2 aromatic rings. The van der Waals surface area contributed by atoms with Crippen LogP contribution >= 0.6 is 11.3 Å². The first-order valence-corrected chi connectivity index (χ1v) is 9.65. The third kappa shape index (κ3) is 3.73. The van der Waals surface area contributed by atoms with Crippen molar-refractivity contribution in [3.8, 4) is 0 Å². The Bertz CT molecular complexity index is 811. The molecule has 1 fully saturated rings. The number of esters is 2. The minimum atomic E-state index is -0.396. The van der Waals surface area contributed by atoms with E-state index in [-0.39, 0.29) is 24.3 Å². The second-order valence-electron chi connectivity index (χ2n) is 6.47. The van der Waals surface area contributed by atoms with Gasteiger partial charge in [-0.15, -0.1) is 11.3 Å². The summed E-state index contributed by atoms with van der Waals surface area (Å²) in [4.78, 5) is 25.8. The molecule has 2 heterocycles. The minimum Gasteiger partial charge on any atom is -0.469 e. The summed E-state index contributed by atoms with van der Waals surface area (Å²) in [5, 5.41) is 0.517. The number of quaternary nitrogens is 1. The van der Waals surface area contributed by atoms with Crippen LogP contribution in [0.2, 0.25) is 0 Å². The van der Waals surface area contributed by atoms with E-state index in [4.69, 9.17) is 9.47 Å². The molecule has 1 saturated heterocycles. The van der Waals surface area contributed by atoms with Gasteiger partial charge in [0.15, 0.2) is 0 Å². The average Bonchev–Trinajstić information content (AvgIpc) is 3.02. The van der Waals surface area contributed by atoms with Gasteiger partial charge in [-0.1, -0.05) is 6.07 Å². The lowest BCUT2D eigenvalue weighted by Crippen LogP contribution is -3.11. The third-order valence-electron chi connectivity index (χ3n) is 4.88. The number of ether oxygens (including phenoxy) is 2. The van der Waals surface area contributed by atoms with Crippen molar-refractivity contribution in [3.63, 3.8) is 0 Å². The molecule has 0 amide bonds. The molecule has 140 valence electrons. The van der Waals surface area contributed by atoms with Gasteiger partial charge in [-0.3, -0.25) is 4.79 Å². The average molecular weight is 380 g/mol. The van der Waals surface area contributed by atoms with Crippen LogP contribution < -0.4 is 4.90 Å². The van der Waals surface area contributed by atoms with Crippen molar-refractivity contribution in [1.82, 2.24) is 0 Å². The number of thiophene rings is 1. The number of methoxy groups -OCH3 is 1. The van der Waals surface area contributed by atoms with Crippen molar-refractivity contribution in [2.45, 2.75) is 26.3 Å². The molecular weight excluding hydrogens is 357 g/mol. The maximum Gasteiger partial charge on any atom is 0.348 e. The summed E-state index contributed by atoms with van der Waals surface area (Å²) in [5.41, 5.74) is 0.716. The van der Waals surface area contributed by atoms with E-state index in [1.807, 2.05) is 6.07 Å². The van der Waals surface area contributed by atoms with Gasteiger partial charge in [0.05, 0.1) is 32.7 Å². The maximum absolute atomic E-state index is 14.5. The van der Waals surface area contributed by atoms with Gasteiger partial charge in [0.25, 0.3) is 0 Å². The van der Waals surface area contributed by atoms with Gasteiger partial charge in [-0.2, -0.15) is 0 Å². The van der Waals surface area contributed by atoms with Crippen LogP contribution in [0.25, 0.3) is 10.1 Å². The Morgan fingerprint density at radius 3 is 2.69 bits per heavy atom. The van der Waals surface area contributed by atoms with E-state index in [1.165, 1.54) is 29.4 Å². The van der Waals surface area contributed by atoms with Gasteiger partial charge >= 0.3 is 11.9 Å². The first-order chi connectivity index (χ1) is 12.5. The molecule has 5 nitrogen and oxygen atoms in total.